The lowest BCUT2D eigenvalue weighted by atomic mass is 10.2. The summed E-state index contributed by atoms with van der Waals surface area (Å²) in [5.74, 6) is 0. The normalized spacial score (nSPS) is 19.4. The van der Waals surface area contributed by atoms with Crippen molar-refractivity contribution in [3.63, 3.8) is 0 Å². The van der Waals surface area contributed by atoms with Gasteiger partial charge >= 0.3 is 12.1 Å². The van der Waals surface area contributed by atoms with Crippen LogP contribution in [0, 0.1) is 0 Å². The Balaban J connectivity index is 1.34. The zero-order chi connectivity index (χ0) is 18.1. The average Bonchev–Trinajstić information content (AvgIpc) is 3.04. The molecular weight excluding hydrogens is 338 g/mol. The summed E-state index contributed by atoms with van der Waals surface area (Å²) >= 11 is 0. The van der Waals surface area contributed by atoms with Crippen LogP contribution in [-0.2, 0) is 11.3 Å². The minimum absolute atomic E-state index is 0.0771. The number of urea groups is 1. The summed E-state index contributed by atoms with van der Waals surface area (Å²) in [6.07, 6.45) is 1.34. The Morgan fingerprint density at radius 1 is 1.27 bits per heavy atom. The Bertz CT molecular complexity index is 911. The molecule has 0 aliphatic carbocycles. The summed E-state index contributed by atoms with van der Waals surface area (Å²) in [5.41, 5.74) is -0.174. The third kappa shape index (κ3) is 2.96. The molecule has 4 rings (SSSR count). The van der Waals surface area contributed by atoms with Crippen LogP contribution < -0.4 is 10.9 Å². The maximum Gasteiger partial charge on any atom is 0.410 e. The van der Waals surface area contributed by atoms with Crippen molar-refractivity contribution in [3.05, 3.63) is 40.8 Å². The van der Waals surface area contributed by atoms with E-state index in [4.69, 9.17) is 4.74 Å². The van der Waals surface area contributed by atoms with E-state index in [0.29, 0.717) is 44.7 Å². The molecule has 0 saturated carbocycles. The van der Waals surface area contributed by atoms with E-state index in [1.807, 2.05) is 18.2 Å². The Hall–Kier alpha value is -3.10. The molecule has 3 amide bonds. The van der Waals surface area contributed by atoms with Gasteiger partial charge in [-0.05, 0) is 6.07 Å². The molecule has 2 fully saturated rings. The summed E-state index contributed by atoms with van der Waals surface area (Å²) in [5, 5.41) is 8.36. The molecule has 9 heteroatoms. The van der Waals surface area contributed by atoms with Crippen molar-refractivity contribution in [2.45, 2.75) is 12.6 Å². The first-order chi connectivity index (χ1) is 12.6. The van der Waals surface area contributed by atoms with Crippen LogP contribution in [0.15, 0.2) is 35.3 Å². The number of piperazine rings is 1. The lowest BCUT2D eigenvalue weighted by Crippen LogP contribution is -2.56. The predicted octanol–water partition coefficient (Wildman–Crippen LogP) is 0.243. The molecule has 0 radical (unpaired) electrons. The summed E-state index contributed by atoms with van der Waals surface area (Å²) in [6, 6.07) is 6.99. The van der Waals surface area contributed by atoms with Crippen LogP contribution in [0.4, 0.5) is 9.59 Å². The van der Waals surface area contributed by atoms with Crippen LogP contribution in [0.5, 0.6) is 0 Å². The minimum atomic E-state index is -0.309. The summed E-state index contributed by atoms with van der Waals surface area (Å²) in [4.78, 5) is 39.5. The Morgan fingerprint density at radius 2 is 2.12 bits per heavy atom. The first-order valence-electron chi connectivity index (χ1n) is 8.54. The van der Waals surface area contributed by atoms with Gasteiger partial charge in [0.15, 0.2) is 0 Å². The van der Waals surface area contributed by atoms with Crippen molar-refractivity contribution in [3.8, 4) is 0 Å². The van der Waals surface area contributed by atoms with E-state index in [-0.39, 0.29) is 23.7 Å². The Morgan fingerprint density at radius 3 is 3.00 bits per heavy atom. The zero-order valence-corrected chi connectivity index (χ0v) is 14.1. The molecule has 1 aromatic carbocycles. The fourth-order valence-electron chi connectivity index (χ4n) is 3.34. The molecule has 136 valence electrons. The number of hydrogen-bond donors (Lipinski definition) is 1. The molecular formula is C17H19N5O4. The highest BCUT2D eigenvalue weighted by molar-refractivity contribution is 5.80. The smallest absolute Gasteiger partial charge is 0.410 e. The number of aromatic nitrogens is 2. The molecule has 2 aliphatic heterocycles. The molecule has 3 heterocycles. The molecule has 0 spiro atoms. The lowest BCUT2D eigenvalue weighted by Gasteiger charge is -2.35. The lowest BCUT2D eigenvalue weighted by molar-refractivity contribution is 0.127. The first kappa shape index (κ1) is 16.4. The van der Waals surface area contributed by atoms with Crippen LogP contribution in [0.25, 0.3) is 10.8 Å². The number of amides is 3. The number of carbonyl (C=O) groups is 2. The van der Waals surface area contributed by atoms with Gasteiger partial charge in [-0.1, -0.05) is 18.2 Å². The van der Waals surface area contributed by atoms with Gasteiger partial charge in [0.05, 0.1) is 24.2 Å². The van der Waals surface area contributed by atoms with Gasteiger partial charge in [-0.15, -0.1) is 0 Å². The first-order valence-corrected chi connectivity index (χ1v) is 8.54. The predicted molar refractivity (Wildman–Crippen MR) is 92.8 cm³/mol. The van der Waals surface area contributed by atoms with Gasteiger partial charge in [0.1, 0.15) is 6.61 Å². The van der Waals surface area contributed by atoms with Crippen LogP contribution in [0.3, 0.4) is 0 Å². The van der Waals surface area contributed by atoms with Gasteiger partial charge in [-0.25, -0.2) is 14.3 Å². The van der Waals surface area contributed by atoms with E-state index in [2.05, 4.69) is 10.4 Å². The highest BCUT2D eigenvalue weighted by Gasteiger charge is 2.38. The number of hydrogen-bond acceptors (Lipinski definition) is 5. The monoisotopic (exact) mass is 357 g/mol. The molecule has 1 unspecified atom stereocenters. The molecule has 26 heavy (non-hydrogen) atoms. The van der Waals surface area contributed by atoms with Crippen molar-refractivity contribution in [2.24, 2.45) is 0 Å². The van der Waals surface area contributed by atoms with Crippen molar-refractivity contribution in [1.29, 1.82) is 0 Å². The topological polar surface area (TPSA) is 96.8 Å². The van der Waals surface area contributed by atoms with Crippen LogP contribution >= 0.6 is 0 Å². The second-order valence-corrected chi connectivity index (χ2v) is 6.36. The summed E-state index contributed by atoms with van der Waals surface area (Å²) in [6.45, 7) is 2.30. The third-order valence-corrected chi connectivity index (χ3v) is 4.77. The fourth-order valence-corrected chi connectivity index (χ4v) is 3.34. The van der Waals surface area contributed by atoms with Gasteiger partial charge < -0.3 is 15.0 Å². The highest BCUT2D eigenvalue weighted by atomic mass is 16.6. The van der Waals surface area contributed by atoms with Crippen molar-refractivity contribution in [1.82, 2.24) is 24.9 Å². The molecule has 1 N–H and O–H groups in total. The Kier molecular flexibility index (Phi) is 4.19. The van der Waals surface area contributed by atoms with Crippen LogP contribution in [0.2, 0.25) is 0 Å². The molecule has 1 aromatic heterocycles. The second-order valence-electron chi connectivity index (χ2n) is 6.36. The SMILES string of the molecule is O=C(NCCn1ncc2ccccc2c1=O)N1CCN2C(=O)OCC2C1. The molecule has 1 atom stereocenters. The molecule has 2 saturated heterocycles. The van der Waals surface area contributed by atoms with E-state index in [0.717, 1.165) is 5.39 Å². The number of nitrogens with zero attached hydrogens (tertiary/aromatic N) is 4. The summed E-state index contributed by atoms with van der Waals surface area (Å²) < 4.78 is 6.35. The van der Waals surface area contributed by atoms with Gasteiger partial charge in [-0.2, -0.15) is 5.10 Å². The average molecular weight is 357 g/mol. The van der Waals surface area contributed by atoms with Gasteiger partial charge in [-0.3, -0.25) is 9.69 Å². The number of nitrogens with one attached hydrogen (secondary N) is 1. The van der Waals surface area contributed by atoms with E-state index >= 15 is 0 Å². The molecule has 9 nitrogen and oxygen atoms in total. The standard InChI is InChI=1S/C17H19N5O4/c23-15-14-4-2-1-3-12(14)9-19-22(15)6-5-18-16(24)20-7-8-21-13(10-20)11-26-17(21)25/h1-4,9,13H,5-8,10-11H2,(H,18,24). The highest BCUT2D eigenvalue weighted by Crippen LogP contribution is 2.17. The fraction of sp³-hybridized carbons (Fsp3) is 0.412. The molecule has 2 aromatic rings. The van der Waals surface area contributed by atoms with Crippen molar-refractivity contribution < 1.29 is 14.3 Å². The number of ether oxygens (including phenoxy) is 1. The maximum atomic E-state index is 12.4. The van der Waals surface area contributed by atoms with Crippen LogP contribution in [-0.4, -0.2) is 70.5 Å². The van der Waals surface area contributed by atoms with Crippen molar-refractivity contribution >= 4 is 22.9 Å². The van der Waals surface area contributed by atoms with Gasteiger partial charge in [0, 0.05) is 31.6 Å². The maximum absolute atomic E-state index is 12.4. The largest absolute Gasteiger partial charge is 0.447 e. The zero-order valence-electron chi connectivity index (χ0n) is 14.1. The quantitative estimate of drug-likeness (QED) is 0.849. The molecule has 0 bridgehead atoms. The third-order valence-electron chi connectivity index (χ3n) is 4.77. The van der Waals surface area contributed by atoms with E-state index in [1.54, 1.807) is 22.1 Å². The van der Waals surface area contributed by atoms with E-state index in [1.165, 1.54) is 4.68 Å². The second kappa shape index (κ2) is 6.66. The van der Waals surface area contributed by atoms with E-state index < -0.39 is 0 Å². The number of fused-ring (bicyclic) bond motifs is 2. The van der Waals surface area contributed by atoms with E-state index in [9.17, 15) is 14.4 Å². The van der Waals surface area contributed by atoms with Crippen LogP contribution in [0.1, 0.15) is 0 Å². The van der Waals surface area contributed by atoms with Crippen molar-refractivity contribution in [2.75, 3.05) is 32.8 Å². The van der Waals surface area contributed by atoms with Gasteiger partial charge in [0.25, 0.3) is 5.56 Å². The summed E-state index contributed by atoms with van der Waals surface area (Å²) in [7, 11) is 0. The minimum Gasteiger partial charge on any atom is -0.447 e. The van der Waals surface area contributed by atoms with Gasteiger partial charge in [0.2, 0.25) is 0 Å². The number of carbonyl (C=O) groups excluding carboxylic acids is 2. The Labute approximate surface area is 149 Å². The number of cyclic esters (lactones) is 1. The number of rotatable bonds is 3. The number of benzene rings is 1. The molecule has 2 aliphatic rings.